The molecule has 0 unspecified atom stereocenters. The van der Waals surface area contributed by atoms with E-state index in [-0.39, 0.29) is 30.9 Å². The van der Waals surface area contributed by atoms with Crippen molar-refractivity contribution in [1.82, 2.24) is 0 Å². The second-order valence-electron chi connectivity index (χ2n) is 6.59. The average molecular weight is 326 g/mol. The minimum Gasteiger partial charge on any atom is -0.466 e. The molecule has 1 aliphatic carbocycles. The summed E-state index contributed by atoms with van der Waals surface area (Å²) >= 11 is 0. The van der Waals surface area contributed by atoms with Crippen LogP contribution >= 0.6 is 0 Å². The molecule has 0 aromatic rings. The van der Waals surface area contributed by atoms with Crippen molar-refractivity contribution in [2.45, 2.75) is 103 Å². The molecule has 23 heavy (non-hydrogen) atoms. The normalized spacial score (nSPS) is 15.3. The average Bonchev–Trinajstić information content (AvgIpc) is 2.56. The first kappa shape index (κ1) is 20.0. The van der Waals surface area contributed by atoms with E-state index in [4.69, 9.17) is 9.47 Å². The first-order valence-corrected chi connectivity index (χ1v) is 9.57. The summed E-state index contributed by atoms with van der Waals surface area (Å²) in [5, 5.41) is 0. The van der Waals surface area contributed by atoms with Gasteiger partial charge in [-0.05, 0) is 32.1 Å². The van der Waals surface area contributed by atoms with Crippen LogP contribution in [0.25, 0.3) is 0 Å². The third-order valence-corrected chi connectivity index (χ3v) is 4.39. The van der Waals surface area contributed by atoms with Gasteiger partial charge in [0.05, 0.1) is 19.4 Å². The van der Waals surface area contributed by atoms with Crippen LogP contribution in [-0.4, -0.2) is 24.6 Å². The Labute approximate surface area is 141 Å². The van der Waals surface area contributed by atoms with Crippen LogP contribution in [0.5, 0.6) is 0 Å². The molecular formula is C19H34O4. The fourth-order valence-electron chi connectivity index (χ4n) is 2.95. The minimum absolute atomic E-state index is 0.0694. The van der Waals surface area contributed by atoms with Crippen molar-refractivity contribution >= 4 is 11.9 Å². The number of carbonyl (C=O) groups excluding carboxylic acids is 2. The molecule has 1 saturated carbocycles. The molecule has 0 N–H and O–H groups in total. The quantitative estimate of drug-likeness (QED) is 0.377. The number of esters is 2. The molecule has 0 saturated heterocycles. The summed E-state index contributed by atoms with van der Waals surface area (Å²) in [5.74, 6) is -0.540. The van der Waals surface area contributed by atoms with Crippen molar-refractivity contribution < 1.29 is 19.1 Å². The van der Waals surface area contributed by atoms with Crippen LogP contribution in [0.1, 0.15) is 96.8 Å². The lowest BCUT2D eigenvalue weighted by molar-refractivity contribution is -0.154. The van der Waals surface area contributed by atoms with Crippen LogP contribution in [0, 0.1) is 0 Å². The van der Waals surface area contributed by atoms with Gasteiger partial charge in [0.15, 0.2) is 0 Å². The molecule has 1 fully saturated rings. The highest BCUT2D eigenvalue weighted by atomic mass is 16.5. The lowest BCUT2D eigenvalue weighted by Gasteiger charge is -2.21. The van der Waals surface area contributed by atoms with Crippen molar-refractivity contribution in [3.8, 4) is 0 Å². The van der Waals surface area contributed by atoms with E-state index in [0.29, 0.717) is 6.61 Å². The van der Waals surface area contributed by atoms with Crippen LogP contribution < -0.4 is 0 Å². The van der Waals surface area contributed by atoms with Gasteiger partial charge in [0.1, 0.15) is 6.10 Å². The Bertz CT molecular complexity index is 321. The molecule has 1 aliphatic rings. The standard InChI is InChI=1S/C19H34O4/c1-2-3-4-5-6-7-11-16-22-18(20)14-15-19(21)23-17-12-9-8-10-13-17/h17H,2-16H2,1H3. The molecule has 0 amide bonds. The summed E-state index contributed by atoms with van der Waals surface area (Å²) in [5.41, 5.74) is 0. The summed E-state index contributed by atoms with van der Waals surface area (Å²) < 4.78 is 10.5. The van der Waals surface area contributed by atoms with Gasteiger partial charge in [-0.25, -0.2) is 0 Å². The molecule has 0 radical (unpaired) electrons. The van der Waals surface area contributed by atoms with Gasteiger partial charge in [-0.3, -0.25) is 9.59 Å². The van der Waals surface area contributed by atoms with Gasteiger partial charge >= 0.3 is 11.9 Å². The van der Waals surface area contributed by atoms with Gasteiger partial charge in [0, 0.05) is 0 Å². The highest BCUT2D eigenvalue weighted by Gasteiger charge is 2.18. The largest absolute Gasteiger partial charge is 0.466 e. The second kappa shape index (κ2) is 13.4. The van der Waals surface area contributed by atoms with E-state index in [1.807, 2.05) is 0 Å². The van der Waals surface area contributed by atoms with E-state index in [1.165, 1.54) is 38.5 Å². The zero-order valence-corrected chi connectivity index (χ0v) is 14.8. The first-order chi connectivity index (χ1) is 11.2. The number of unbranched alkanes of at least 4 members (excludes halogenated alkanes) is 6. The molecule has 4 nitrogen and oxygen atoms in total. The summed E-state index contributed by atoms with van der Waals surface area (Å²) in [4.78, 5) is 23.3. The Balaban J connectivity index is 1.92. The Morgan fingerprint density at radius 3 is 2.13 bits per heavy atom. The zero-order valence-electron chi connectivity index (χ0n) is 14.8. The number of rotatable bonds is 12. The molecule has 4 heteroatoms. The molecule has 0 bridgehead atoms. The summed E-state index contributed by atoms with van der Waals surface area (Å²) in [6.45, 7) is 2.69. The van der Waals surface area contributed by atoms with Crippen molar-refractivity contribution in [3.05, 3.63) is 0 Å². The number of carbonyl (C=O) groups is 2. The predicted octanol–water partition coefficient (Wildman–Crippen LogP) is 4.94. The highest BCUT2D eigenvalue weighted by molar-refractivity contribution is 5.77. The Hall–Kier alpha value is -1.06. The predicted molar refractivity (Wildman–Crippen MR) is 91.2 cm³/mol. The molecule has 0 spiro atoms. The van der Waals surface area contributed by atoms with Crippen molar-refractivity contribution in [2.24, 2.45) is 0 Å². The van der Waals surface area contributed by atoms with Crippen molar-refractivity contribution in [1.29, 1.82) is 0 Å². The van der Waals surface area contributed by atoms with Crippen LogP contribution in [0.4, 0.5) is 0 Å². The van der Waals surface area contributed by atoms with Crippen LogP contribution in [0.3, 0.4) is 0 Å². The molecule has 0 atom stereocenters. The second-order valence-corrected chi connectivity index (χ2v) is 6.59. The fraction of sp³-hybridized carbons (Fsp3) is 0.895. The Morgan fingerprint density at radius 2 is 1.43 bits per heavy atom. The van der Waals surface area contributed by atoms with Crippen molar-refractivity contribution in [3.63, 3.8) is 0 Å². The molecule has 1 rings (SSSR count). The van der Waals surface area contributed by atoms with Gasteiger partial charge in [-0.15, -0.1) is 0 Å². The van der Waals surface area contributed by atoms with E-state index < -0.39 is 0 Å². The van der Waals surface area contributed by atoms with Gasteiger partial charge in [-0.1, -0.05) is 51.9 Å². The van der Waals surface area contributed by atoms with Crippen LogP contribution in [0.15, 0.2) is 0 Å². The fourth-order valence-corrected chi connectivity index (χ4v) is 2.95. The highest BCUT2D eigenvalue weighted by Crippen LogP contribution is 2.20. The van der Waals surface area contributed by atoms with E-state index in [1.54, 1.807) is 0 Å². The van der Waals surface area contributed by atoms with Gasteiger partial charge < -0.3 is 9.47 Å². The third kappa shape index (κ3) is 11.2. The van der Waals surface area contributed by atoms with Crippen molar-refractivity contribution in [2.75, 3.05) is 6.61 Å². The smallest absolute Gasteiger partial charge is 0.306 e. The Morgan fingerprint density at radius 1 is 0.826 bits per heavy atom. The summed E-state index contributed by atoms with van der Waals surface area (Å²) in [7, 11) is 0. The number of ether oxygens (including phenoxy) is 2. The Kier molecular flexibility index (Phi) is 11.6. The summed E-state index contributed by atoms with van der Waals surface area (Å²) in [6.07, 6.45) is 14.2. The topological polar surface area (TPSA) is 52.6 Å². The van der Waals surface area contributed by atoms with E-state index in [2.05, 4.69) is 6.92 Å². The number of hydrogen-bond donors (Lipinski definition) is 0. The third-order valence-electron chi connectivity index (χ3n) is 4.39. The molecule has 0 aliphatic heterocycles. The lowest BCUT2D eigenvalue weighted by Crippen LogP contribution is -2.21. The van der Waals surface area contributed by atoms with Gasteiger partial charge in [0.25, 0.3) is 0 Å². The lowest BCUT2D eigenvalue weighted by atomic mass is 9.98. The SMILES string of the molecule is CCCCCCCCCOC(=O)CCC(=O)OC1CCCCC1. The van der Waals surface area contributed by atoms with Gasteiger partial charge in [-0.2, -0.15) is 0 Å². The van der Waals surface area contributed by atoms with E-state index in [0.717, 1.165) is 38.5 Å². The maximum absolute atomic E-state index is 11.7. The first-order valence-electron chi connectivity index (χ1n) is 9.57. The molecule has 0 aromatic heterocycles. The monoisotopic (exact) mass is 326 g/mol. The van der Waals surface area contributed by atoms with Crippen LogP contribution in [-0.2, 0) is 19.1 Å². The molecule has 0 heterocycles. The zero-order chi connectivity index (χ0) is 16.8. The van der Waals surface area contributed by atoms with Gasteiger partial charge in [0.2, 0.25) is 0 Å². The van der Waals surface area contributed by atoms with Crippen LogP contribution in [0.2, 0.25) is 0 Å². The van der Waals surface area contributed by atoms with E-state index >= 15 is 0 Å². The maximum Gasteiger partial charge on any atom is 0.306 e. The van der Waals surface area contributed by atoms with E-state index in [9.17, 15) is 9.59 Å². The molecule has 134 valence electrons. The molecular weight excluding hydrogens is 292 g/mol. The number of hydrogen-bond acceptors (Lipinski definition) is 4. The minimum atomic E-state index is -0.281. The maximum atomic E-state index is 11.7. The summed E-state index contributed by atoms with van der Waals surface area (Å²) in [6, 6.07) is 0. The molecule has 0 aromatic carbocycles.